The molecule has 26 heteroatoms. The van der Waals surface area contributed by atoms with Gasteiger partial charge in [-0.05, 0) is 279 Å². The number of aryl methyl sites for hydroxylation is 1. The van der Waals surface area contributed by atoms with E-state index in [0.717, 1.165) is 161 Å². The van der Waals surface area contributed by atoms with Crippen LogP contribution in [-0.4, -0.2) is 132 Å². The van der Waals surface area contributed by atoms with Crippen molar-refractivity contribution >= 4 is 135 Å². The summed E-state index contributed by atoms with van der Waals surface area (Å²) in [6.45, 7) is 16.1. The standard InChI is InChI=1S/C29H35ClN2O3.C21H21FN2O3.C20H21ClN2O3S.C18H17ClN2.C17H14Cl2N2/c1-17(2)22-11-5-18(3)15-26(22)35-29(33)32-14-13-23-24-16-20(30)8-12-25(24)31-27(23)28(32)19-6-9-21(34-4)10-7-19;1-3-27-21(25)24-11-10-16-17-12-14(22)6-9-18(17)23-19(16)20(24)13-4-7-15(26-2)8-5-13;1-3-27(24,25)23-11-10-16-17-12-14(21)6-9-18(17)22-19(16)20(23)13-4-7-15(26-2)8-5-13;1-11-2-4-12(5-3-11)17-18-14(8-9-20-17)15-10-13(19)6-7-16(15)21-18;18-11-3-1-10(2-4-11)16-17-13(7-8-20-16)14-9-12(19)5-6-15(14)21-17/h6-10,12,16-18,22,26,28,31H,5,11,13-15H2,1-4H3;4-9,12,20,23H,3,10-11H2,1-2H3;4-9,12,20,22H,3,10-11H2,1-2H3;2-7,10,17,20-21H,8-9H2,1H3;1-6,9,16,20-21H,7-8H2/t18-,22?,26-,28?;;;;/m0..../s1. The van der Waals surface area contributed by atoms with Crippen LogP contribution in [0, 0.1) is 30.5 Å². The van der Waals surface area contributed by atoms with E-state index in [2.05, 4.69) is 124 Å². The van der Waals surface area contributed by atoms with Gasteiger partial charge in [0, 0.05) is 141 Å². The number of aromatic amines is 5. The number of carbonyl (C=O) groups is 2. The second kappa shape index (κ2) is 39.8. The number of nitrogens with one attached hydrogen (secondary N) is 7. The molecule has 1 saturated carbocycles. The molecule has 131 heavy (non-hydrogen) atoms. The number of aromatic nitrogens is 5. The SMILES string of the molecule is CCOC(=O)N1CCc2c([nH]c3ccc(F)cc23)C1c1ccc(OC)cc1.CCS(=O)(=O)N1CCc2c([nH]c3ccc(Cl)cc23)C1c1ccc(OC)cc1.COc1ccc(C2c3[nH]c4ccc(Cl)cc4c3CCN2C(=O)O[C@H]2C[C@@H](C)CCC2C(C)C)cc1.Cc1ccc(C2NCCc3c2[nH]c2ccc(Cl)cc32)cc1.Clc1ccc(C2NCCc3c2[nH]c2ccc(Cl)cc32)cc1. The molecular weight excluding hydrogens is 1770 g/mol. The summed E-state index contributed by atoms with van der Waals surface area (Å²) in [5.41, 5.74) is 23.4. The fourth-order valence-corrected chi connectivity index (χ4v) is 22.1. The van der Waals surface area contributed by atoms with E-state index in [0.29, 0.717) is 66.9 Å². The molecule has 10 heterocycles. The first-order valence-corrected chi connectivity index (χ1v) is 48.5. The minimum atomic E-state index is -3.37. The van der Waals surface area contributed by atoms with E-state index in [1.54, 1.807) is 56.5 Å². The molecule has 21 rings (SSSR count). The summed E-state index contributed by atoms with van der Waals surface area (Å²) in [7, 11) is 1.53. The first kappa shape index (κ1) is 91.9. The molecule has 0 spiro atoms. The lowest BCUT2D eigenvalue weighted by Gasteiger charge is -2.40. The van der Waals surface area contributed by atoms with E-state index < -0.39 is 16.1 Å². The number of hydrogen-bond donors (Lipinski definition) is 7. The van der Waals surface area contributed by atoms with Crippen LogP contribution in [0.15, 0.2) is 212 Å². The van der Waals surface area contributed by atoms with Crippen molar-refractivity contribution in [2.75, 3.05) is 66.4 Å². The van der Waals surface area contributed by atoms with Gasteiger partial charge in [-0.3, -0.25) is 9.80 Å². The summed E-state index contributed by atoms with van der Waals surface area (Å²) in [6.07, 6.45) is 6.75. The molecule has 2 amide bonds. The highest BCUT2D eigenvalue weighted by atomic mass is 35.5. The van der Waals surface area contributed by atoms with Gasteiger partial charge in [0.1, 0.15) is 41.3 Å². The molecule has 1 aliphatic carbocycles. The van der Waals surface area contributed by atoms with Gasteiger partial charge >= 0.3 is 12.2 Å². The number of H-pyrrole nitrogens is 5. The van der Waals surface area contributed by atoms with E-state index in [1.165, 1.54) is 73.5 Å². The summed E-state index contributed by atoms with van der Waals surface area (Å²) < 4.78 is 68.5. The van der Waals surface area contributed by atoms with Crippen LogP contribution in [-0.2, 0) is 51.6 Å². The van der Waals surface area contributed by atoms with Crippen molar-refractivity contribution in [1.29, 1.82) is 0 Å². The number of hydrogen-bond acceptors (Lipinski definition) is 11. The Hall–Kier alpha value is -11.0. The number of rotatable bonds is 13. The molecule has 0 bridgehead atoms. The molecule has 6 unspecified atom stereocenters. The van der Waals surface area contributed by atoms with E-state index in [-0.39, 0.29) is 54.0 Å². The Balaban J connectivity index is 0.000000116. The van der Waals surface area contributed by atoms with Crippen molar-refractivity contribution in [1.82, 2.24) is 49.7 Å². The Morgan fingerprint density at radius 2 is 0.794 bits per heavy atom. The predicted molar refractivity (Wildman–Crippen MR) is 525 cm³/mol. The molecule has 5 aromatic heterocycles. The highest BCUT2D eigenvalue weighted by Gasteiger charge is 2.42. The molecule has 10 aromatic carbocycles. The third-order valence-corrected chi connectivity index (χ3v) is 29.7. The van der Waals surface area contributed by atoms with Gasteiger partial charge in [-0.25, -0.2) is 22.4 Å². The van der Waals surface area contributed by atoms with Crippen molar-refractivity contribution in [3.63, 3.8) is 0 Å². The lowest BCUT2D eigenvalue weighted by Crippen LogP contribution is -2.44. The van der Waals surface area contributed by atoms with Crippen LogP contribution >= 0.6 is 58.0 Å². The van der Waals surface area contributed by atoms with Crippen LogP contribution in [0.5, 0.6) is 17.2 Å². The van der Waals surface area contributed by atoms with Gasteiger partial charge in [-0.1, -0.05) is 164 Å². The maximum Gasteiger partial charge on any atom is 0.410 e. The number of amides is 2. The second-order valence-corrected chi connectivity index (χ2v) is 39.3. The number of ether oxygens (including phenoxy) is 5. The molecule has 0 radical (unpaired) electrons. The number of fused-ring (bicyclic) bond motifs is 15. The van der Waals surface area contributed by atoms with E-state index in [9.17, 15) is 22.4 Å². The van der Waals surface area contributed by atoms with Crippen LogP contribution in [0.2, 0.25) is 25.1 Å². The highest BCUT2D eigenvalue weighted by Crippen LogP contribution is 2.47. The number of benzene rings is 10. The first-order chi connectivity index (χ1) is 63.4. The average Bonchev–Trinajstić information content (AvgIpc) is 1.65. The van der Waals surface area contributed by atoms with Crippen LogP contribution in [0.4, 0.5) is 14.0 Å². The summed E-state index contributed by atoms with van der Waals surface area (Å²) in [6, 6.07) is 67.9. The Kier molecular flexibility index (Phi) is 28.0. The zero-order chi connectivity index (χ0) is 91.6. The van der Waals surface area contributed by atoms with Crippen molar-refractivity contribution in [3.05, 3.63) is 333 Å². The number of halogens is 6. The van der Waals surface area contributed by atoms with Crippen LogP contribution in [0.3, 0.4) is 0 Å². The predicted octanol–water partition coefficient (Wildman–Crippen LogP) is 25.0. The Bertz CT molecular complexity index is 6620. The Morgan fingerprint density at radius 1 is 0.435 bits per heavy atom. The molecule has 7 N–H and O–H groups in total. The quantitative estimate of drug-likeness (QED) is 0.0574. The van der Waals surface area contributed by atoms with Gasteiger partial charge in [-0.2, -0.15) is 4.31 Å². The zero-order valence-electron chi connectivity index (χ0n) is 74.7. The van der Waals surface area contributed by atoms with Crippen molar-refractivity contribution in [3.8, 4) is 17.2 Å². The minimum absolute atomic E-state index is 0.0364. The molecule has 0 saturated heterocycles. The summed E-state index contributed by atoms with van der Waals surface area (Å²) >= 11 is 30.8. The van der Waals surface area contributed by atoms with Gasteiger partial charge in [0.05, 0.1) is 51.8 Å². The second-order valence-electron chi connectivity index (χ2n) is 34.9. The fraction of sp³-hybridized carbons (Fsp3) is 0.314. The van der Waals surface area contributed by atoms with E-state index >= 15 is 0 Å². The van der Waals surface area contributed by atoms with E-state index in [1.807, 2.05) is 138 Å². The molecule has 680 valence electrons. The summed E-state index contributed by atoms with van der Waals surface area (Å²) in [5.74, 6) is 3.55. The number of carbonyl (C=O) groups excluding carboxylic acids is 2. The van der Waals surface area contributed by atoms with Gasteiger partial charge in [0.25, 0.3) is 0 Å². The minimum Gasteiger partial charge on any atom is -0.497 e. The van der Waals surface area contributed by atoms with Gasteiger partial charge < -0.3 is 59.2 Å². The molecule has 1 fully saturated rings. The van der Waals surface area contributed by atoms with Crippen molar-refractivity contribution < 1.29 is 46.1 Å². The summed E-state index contributed by atoms with van der Waals surface area (Å²) in [4.78, 5) is 47.6. The maximum absolute atomic E-state index is 13.8. The smallest absolute Gasteiger partial charge is 0.410 e. The van der Waals surface area contributed by atoms with E-state index in [4.69, 9.17) is 81.7 Å². The van der Waals surface area contributed by atoms with Gasteiger partial charge in [-0.15, -0.1) is 0 Å². The average molecular weight is 1880 g/mol. The number of sulfonamides is 1. The van der Waals surface area contributed by atoms with Gasteiger partial charge in [0.15, 0.2) is 0 Å². The monoisotopic (exact) mass is 1880 g/mol. The van der Waals surface area contributed by atoms with Gasteiger partial charge in [0.2, 0.25) is 10.0 Å². The summed E-state index contributed by atoms with van der Waals surface area (Å²) in [5, 5.41) is 16.5. The van der Waals surface area contributed by atoms with Crippen LogP contribution < -0.4 is 24.8 Å². The Morgan fingerprint density at radius 3 is 1.21 bits per heavy atom. The molecule has 6 aliphatic rings. The topological polar surface area (TPSA) is 227 Å². The maximum atomic E-state index is 13.8. The third-order valence-electron chi connectivity index (χ3n) is 26.6. The first-order valence-electron chi connectivity index (χ1n) is 45.0. The molecule has 15 aromatic rings. The molecular formula is C105H108Cl5FN10O9S. The number of methoxy groups -OCH3 is 3. The largest absolute Gasteiger partial charge is 0.497 e. The van der Waals surface area contributed by atoms with Crippen LogP contribution in [0.1, 0.15) is 174 Å². The van der Waals surface area contributed by atoms with Crippen molar-refractivity contribution in [2.24, 2.45) is 17.8 Å². The lowest BCUT2D eigenvalue weighted by molar-refractivity contribution is -0.0147. The normalized spacial score (nSPS) is 19.3. The fourth-order valence-electron chi connectivity index (χ4n) is 20.0. The molecule has 19 nitrogen and oxygen atoms in total. The van der Waals surface area contributed by atoms with Crippen molar-refractivity contribution in [2.45, 2.75) is 129 Å². The lowest BCUT2D eigenvalue weighted by atomic mass is 9.75. The molecule has 5 aliphatic heterocycles. The molecule has 8 atom stereocenters. The third kappa shape index (κ3) is 19.4. The number of nitrogens with zero attached hydrogens (tertiary/aromatic N) is 3. The highest BCUT2D eigenvalue weighted by molar-refractivity contribution is 7.89. The zero-order valence-corrected chi connectivity index (χ0v) is 79.3. The van der Waals surface area contributed by atoms with Crippen LogP contribution in [0.25, 0.3) is 54.5 Å². The Labute approximate surface area is 788 Å².